The lowest BCUT2D eigenvalue weighted by Gasteiger charge is -2.35. The van der Waals surface area contributed by atoms with E-state index in [9.17, 15) is 14.7 Å². The van der Waals surface area contributed by atoms with E-state index in [0.29, 0.717) is 5.92 Å². The molecule has 0 aromatic rings. The second-order valence-electron chi connectivity index (χ2n) is 5.31. The minimum Gasteiger partial charge on any atom is -0.480 e. The van der Waals surface area contributed by atoms with E-state index < -0.39 is 24.1 Å². The Morgan fingerprint density at radius 1 is 1.42 bits per heavy atom. The Morgan fingerprint density at radius 3 is 2.53 bits per heavy atom. The molecule has 110 valence electrons. The number of carboxylic acid groups (broad SMARTS) is 1. The highest BCUT2D eigenvalue weighted by Crippen LogP contribution is 2.15. The number of hydrogen-bond acceptors (Lipinski definition) is 4. The first kappa shape index (κ1) is 15.7. The van der Waals surface area contributed by atoms with Gasteiger partial charge in [-0.2, -0.15) is 0 Å². The van der Waals surface area contributed by atoms with Gasteiger partial charge in [-0.3, -0.25) is 0 Å². The van der Waals surface area contributed by atoms with Crippen LogP contribution in [0.4, 0.5) is 4.79 Å². The molecule has 1 aliphatic rings. The molecule has 19 heavy (non-hydrogen) atoms. The first-order valence-corrected chi connectivity index (χ1v) is 6.47. The number of piperidine rings is 1. The molecule has 4 N–H and O–H groups in total. The Labute approximate surface area is 113 Å². The number of amides is 2. The lowest BCUT2D eigenvalue weighted by molar-refractivity contribution is -0.141. The lowest BCUT2D eigenvalue weighted by Crippen LogP contribution is -2.56. The summed E-state index contributed by atoms with van der Waals surface area (Å²) >= 11 is 0. The van der Waals surface area contributed by atoms with Gasteiger partial charge in [-0.05, 0) is 32.9 Å². The Kier molecular flexibility index (Phi) is 5.56. The van der Waals surface area contributed by atoms with Crippen LogP contribution < -0.4 is 10.6 Å². The summed E-state index contributed by atoms with van der Waals surface area (Å²) < 4.78 is 0. The molecule has 0 spiro atoms. The standard InChI is InChI=1S/C12H23N3O4/c1-7-6-15(3)5-4-9(7)13-12(19)14-10(8(2)16)11(17)18/h7-10,16H,4-6H2,1-3H3,(H,17,18)(H2,13,14,19). The van der Waals surface area contributed by atoms with E-state index in [4.69, 9.17) is 5.11 Å². The van der Waals surface area contributed by atoms with Crippen molar-refractivity contribution in [2.24, 2.45) is 5.92 Å². The first-order chi connectivity index (χ1) is 8.81. The van der Waals surface area contributed by atoms with Crippen molar-refractivity contribution in [2.75, 3.05) is 20.1 Å². The van der Waals surface area contributed by atoms with Gasteiger partial charge in [-0.25, -0.2) is 9.59 Å². The van der Waals surface area contributed by atoms with E-state index in [2.05, 4.69) is 15.5 Å². The van der Waals surface area contributed by atoms with E-state index in [1.807, 2.05) is 14.0 Å². The molecule has 0 saturated carbocycles. The van der Waals surface area contributed by atoms with E-state index in [-0.39, 0.29) is 6.04 Å². The van der Waals surface area contributed by atoms with Crippen LogP contribution in [0, 0.1) is 5.92 Å². The van der Waals surface area contributed by atoms with Crippen molar-refractivity contribution in [3.8, 4) is 0 Å². The number of carbonyl (C=O) groups excluding carboxylic acids is 1. The monoisotopic (exact) mass is 273 g/mol. The molecule has 1 fully saturated rings. The number of nitrogens with zero attached hydrogens (tertiary/aromatic N) is 1. The summed E-state index contributed by atoms with van der Waals surface area (Å²) in [6.45, 7) is 5.17. The van der Waals surface area contributed by atoms with Gasteiger partial charge in [0, 0.05) is 12.6 Å². The predicted molar refractivity (Wildman–Crippen MR) is 69.8 cm³/mol. The molecule has 7 heteroatoms. The van der Waals surface area contributed by atoms with Gasteiger partial charge in [-0.15, -0.1) is 0 Å². The Hall–Kier alpha value is -1.34. The Morgan fingerprint density at radius 2 is 2.05 bits per heavy atom. The topological polar surface area (TPSA) is 102 Å². The number of carbonyl (C=O) groups is 2. The van der Waals surface area contributed by atoms with Gasteiger partial charge in [0.1, 0.15) is 0 Å². The molecule has 0 bridgehead atoms. The number of aliphatic carboxylic acids is 1. The highest BCUT2D eigenvalue weighted by Gasteiger charge is 2.29. The second kappa shape index (κ2) is 6.72. The van der Waals surface area contributed by atoms with Crippen molar-refractivity contribution in [1.29, 1.82) is 0 Å². The fraction of sp³-hybridized carbons (Fsp3) is 0.833. The normalized spacial score (nSPS) is 27.4. The van der Waals surface area contributed by atoms with Crippen LogP contribution in [0.15, 0.2) is 0 Å². The van der Waals surface area contributed by atoms with E-state index in [1.165, 1.54) is 6.92 Å². The molecule has 0 radical (unpaired) electrons. The minimum atomic E-state index is -1.29. The average Bonchev–Trinajstić information content (AvgIpc) is 2.29. The van der Waals surface area contributed by atoms with Crippen LogP contribution in [0.3, 0.4) is 0 Å². The highest BCUT2D eigenvalue weighted by atomic mass is 16.4. The van der Waals surface area contributed by atoms with Crippen LogP contribution in [-0.4, -0.2) is 65.4 Å². The van der Waals surface area contributed by atoms with Gasteiger partial charge in [0.05, 0.1) is 6.10 Å². The number of urea groups is 1. The molecule has 1 heterocycles. The van der Waals surface area contributed by atoms with Gasteiger partial charge in [0.2, 0.25) is 0 Å². The third-order valence-corrected chi connectivity index (χ3v) is 3.46. The number of hydrogen-bond donors (Lipinski definition) is 4. The lowest BCUT2D eigenvalue weighted by atomic mass is 9.94. The largest absolute Gasteiger partial charge is 0.480 e. The average molecular weight is 273 g/mol. The summed E-state index contributed by atoms with van der Waals surface area (Å²) in [6, 6.07) is -1.81. The number of aliphatic hydroxyl groups is 1. The zero-order valence-corrected chi connectivity index (χ0v) is 11.6. The van der Waals surface area contributed by atoms with E-state index >= 15 is 0 Å². The molecule has 4 atom stereocenters. The summed E-state index contributed by atoms with van der Waals surface area (Å²) in [4.78, 5) is 24.8. The molecular formula is C12H23N3O4. The summed E-state index contributed by atoms with van der Waals surface area (Å²) in [5.41, 5.74) is 0. The van der Waals surface area contributed by atoms with Crippen molar-refractivity contribution in [3.05, 3.63) is 0 Å². The fourth-order valence-electron chi connectivity index (χ4n) is 2.31. The zero-order chi connectivity index (χ0) is 14.6. The van der Waals surface area contributed by atoms with Crippen molar-refractivity contribution >= 4 is 12.0 Å². The maximum absolute atomic E-state index is 11.7. The minimum absolute atomic E-state index is 0.0274. The second-order valence-corrected chi connectivity index (χ2v) is 5.31. The van der Waals surface area contributed by atoms with Crippen molar-refractivity contribution in [2.45, 2.75) is 38.5 Å². The number of nitrogens with one attached hydrogen (secondary N) is 2. The fourth-order valence-corrected chi connectivity index (χ4v) is 2.31. The molecule has 4 unspecified atom stereocenters. The predicted octanol–water partition coefficient (Wildman–Crippen LogP) is -0.540. The molecular weight excluding hydrogens is 250 g/mol. The third kappa shape index (κ3) is 4.68. The molecule has 0 aliphatic carbocycles. The molecule has 2 amide bonds. The molecule has 1 saturated heterocycles. The first-order valence-electron chi connectivity index (χ1n) is 6.47. The number of aliphatic hydroxyl groups excluding tert-OH is 1. The molecule has 1 rings (SSSR count). The summed E-state index contributed by atoms with van der Waals surface area (Å²) in [6.07, 6.45) is -0.310. The van der Waals surface area contributed by atoms with Crippen molar-refractivity contribution in [1.82, 2.24) is 15.5 Å². The van der Waals surface area contributed by atoms with Crippen LogP contribution in [0.5, 0.6) is 0 Å². The number of carboxylic acids is 1. The number of rotatable bonds is 4. The molecule has 0 aromatic heterocycles. The smallest absolute Gasteiger partial charge is 0.328 e. The quantitative estimate of drug-likeness (QED) is 0.551. The van der Waals surface area contributed by atoms with Crippen LogP contribution in [0.2, 0.25) is 0 Å². The highest BCUT2D eigenvalue weighted by molar-refractivity contribution is 5.83. The maximum Gasteiger partial charge on any atom is 0.328 e. The van der Waals surface area contributed by atoms with Gasteiger partial charge < -0.3 is 25.7 Å². The SMILES string of the molecule is CC(O)C(NC(=O)NC1CCN(C)CC1C)C(=O)O. The zero-order valence-electron chi connectivity index (χ0n) is 11.6. The third-order valence-electron chi connectivity index (χ3n) is 3.46. The van der Waals surface area contributed by atoms with E-state index in [1.54, 1.807) is 0 Å². The van der Waals surface area contributed by atoms with E-state index in [0.717, 1.165) is 19.5 Å². The van der Waals surface area contributed by atoms with Crippen LogP contribution in [0.1, 0.15) is 20.3 Å². The summed E-state index contributed by atoms with van der Waals surface area (Å²) in [7, 11) is 2.03. The maximum atomic E-state index is 11.7. The van der Waals surface area contributed by atoms with Crippen LogP contribution in [-0.2, 0) is 4.79 Å². The van der Waals surface area contributed by atoms with Gasteiger partial charge in [0.25, 0.3) is 0 Å². The van der Waals surface area contributed by atoms with Crippen LogP contribution in [0.25, 0.3) is 0 Å². The van der Waals surface area contributed by atoms with Gasteiger partial charge in [0.15, 0.2) is 6.04 Å². The van der Waals surface area contributed by atoms with Crippen molar-refractivity contribution in [3.63, 3.8) is 0 Å². The summed E-state index contributed by atoms with van der Waals surface area (Å²) in [5.74, 6) is -0.944. The van der Waals surface area contributed by atoms with Crippen LogP contribution >= 0.6 is 0 Å². The Bertz CT molecular complexity index is 335. The molecule has 1 aliphatic heterocycles. The Balaban J connectivity index is 2.48. The van der Waals surface area contributed by atoms with Gasteiger partial charge >= 0.3 is 12.0 Å². The van der Waals surface area contributed by atoms with Gasteiger partial charge in [-0.1, -0.05) is 6.92 Å². The van der Waals surface area contributed by atoms with Crippen molar-refractivity contribution < 1.29 is 19.8 Å². The summed E-state index contributed by atoms with van der Waals surface area (Å²) in [5, 5.41) is 23.2. The molecule has 0 aromatic carbocycles. The molecule has 7 nitrogen and oxygen atoms in total. The number of likely N-dealkylation sites (tertiary alicyclic amines) is 1.